The summed E-state index contributed by atoms with van der Waals surface area (Å²) < 4.78 is 0. The number of benzene rings is 1. The van der Waals surface area contributed by atoms with Gasteiger partial charge in [-0.25, -0.2) is 19.5 Å². The molecule has 6 nitrogen and oxygen atoms in total. The van der Waals surface area contributed by atoms with Crippen molar-refractivity contribution in [2.24, 2.45) is 0 Å². The van der Waals surface area contributed by atoms with Crippen molar-refractivity contribution in [2.75, 3.05) is 0 Å². The molecule has 0 spiro atoms. The normalized spacial score (nSPS) is 9.60. The highest BCUT2D eigenvalue weighted by atomic mass is 16.4. The van der Waals surface area contributed by atoms with Gasteiger partial charge in [-0.05, 0) is 18.2 Å². The van der Waals surface area contributed by atoms with Gasteiger partial charge in [0.25, 0.3) is 0 Å². The molecule has 0 aliphatic carbocycles. The number of rotatable bonds is 3. The molecule has 1 aromatic rings. The van der Waals surface area contributed by atoms with E-state index in [0.29, 0.717) is 0 Å². The van der Waals surface area contributed by atoms with Crippen molar-refractivity contribution >= 4 is 17.9 Å². The molecule has 0 bridgehead atoms. The highest BCUT2D eigenvalue weighted by molar-refractivity contribution is 6.03. The molecule has 0 fully saturated rings. The Morgan fingerprint density at radius 3 is 1.93 bits per heavy atom. The van der Waals surface area contributed by atoms with Crippen molar-refractivity contribution in [1.29, 1.82) is 0 Å². The van der Waals surface area contributed by atoms with E-state index < -0.39 is 29.0 Å². The maximum atomic E-state index is 10.6. The first-order chi connectivity index (χ1) is 6.93. The van der Waals surface area contributed by atoms with Crippen molar-refractivity contribution in [3.8, 4) is 0 Å². The molecule has 15 heavy (non-hydrogen) atoms. The minimum atomic E-state index is -1.66. The first-order valence-electron chi connectivity index (χ1n) is 3.75. The lowest BCUT2D eigenvalue weighted by Gasteiger charge is -2.01. The van der Waals surface area contributed by atoms with Gasteiger partial charge in [-0.1, -0.05) is 0 Å². The zero-order valence-electron chi connectivity index (χ0n) is 7.26. The van der Waals surface area contributed by atoms with Gasteiger partial charge in [-0.2, -0.15) is 0 Å². The van der Waals surface area contributed by atoms with E-state index in [-0.39, 0.29) is 5.56 Å². The SMILES string of the molecule is [O]C(=O)c1ccc(C(=O)O)cc1C(=O)O. The molecule has 0 heterocycles. The lowest BCUT2D eigenvalue weighted by atomic mass is 10.0. The van der Waals surface area contributed by atoms with Crippen molar-refractivity contribution < 1.29 is 29.7 Å². The Kier molecular flexibility index (Phi) is 2.70. The predicted molar refractivity (Wildman–Crippen MR) is 45.4 cm³/mol. The monoisotopic (exact) mass is 209 g/mol. The standard InChI is InChI=1S/C9H5O6/c10-7(11)4-1-2-5(8(12)13)6(3-4)9(14)15/h1-3H,(H,10,11)(H,14,15). The molecule has 0 atom stereocenters. The molecular formula is C9H5O6. The minimum Gasteiger partial charge on any atom is -0.478 e. The highest BCUT2D eigenvalue weighted by Crippen LogP contribution is 2.12. The summed E-state index contributed by atoms with van der Waals surface area (Å²) in [4.78, 5) is 31.6. The van der Waals surface area contributed by atoms with Crippen LogP contribution in [0, 0.1) is 0 Å². The second-order valence-electron chi connectivity index (χ2n) is 2.66. The van der Waals surface area contributed by atoms with Crippen molar-refractivity contribution in [1.82, 2.24) is 0 Å². The zero-order chi connectivity index (χ0) is 11.6. The summed E-state index contributed by atoms with van der Waals surface area (Å²) >= 11 is 0. The van der Waals surface area contributed by atoms with Gasteiger partial charge in [-0.15, -0.1) is 0 Å². The number of carboxylic acid groups (broad SMARTS) is 2. The number of carboxylic acids is 2. The fourth-order valence-electron chi connectivity index (χ4n) is 1.03. The van der Waals surface area contributed by atoms with Gasteiger partial charge < -0.3 is 10.2 Å². The van der Waals surface area contributed by atoms with Crippen LogP contribution in [0.5, 0.6) is 0 Å². The average Bonchev–Trinajstić information content (AvgIpc) is 2.16. The van der Waals surface area contributed by atoms with E-state index in [0.717, 1.165) is 18.2 Å². The first kappa shape index (κ1) is 10.7. The Balaban J connectivity index is 3.40. The Morgan fingerprint density at radius 2 is 1.53 bits per heavy atom. The van der Waals surface area contributed by atoms with Crippen LogP contribution in [0.2, 0.25) is 0 Å². The highest BCUT2D eigenvalue weighted by Gasteiger charge is 2.19. The first-order valence-corrected chi connectivity index (χ1v) is 3.75. The second kappa shape index (κ2) is 3.79. The second-order valence-corrected chi connectivity index (χ2v) is 2.66. The minimum absolute atomic E-state index is 0.294. The maximum Gasteiger partial charge on any atom is 0.387 e. The van der Waals surface area contributed by atoms with Crippen LogP contribution in [-0.2, 0) is 5.11 Å². The van der Waals surface area contributed by atoms with Crippen LogP contribution in [0.25, 0.3) is 0 Å². The zero-order valence-corrected chi connectivity index (χ0v) is 7.26. The van der Waals surface area contributed by atoms with E-state index in [9.17, 15) is 19.5 Å². The van der Waals surface area contributed by atoms with Crippen LogP contribution >= 0.6 is 0 Å². The summed E-state index contributed by atoms with van der Waals surface area (Å²) in [5.74, 6) is -4.51. The quantitative estimate of drug-likeness (QED) is 0.759. The molecule has 0 saturated carbocycles. The third-order valence-corrected chi connectivity index (χ3v) is 1.72. The summed E-state index contributed by atoms with van der Waals surface area (Å²) in [7, 11) is 0. The largest absolute Gasteiger partial charge is 0.478 e. The molecule has 1 aromatic carbocycles. The van der Waals surface area contributed by atoms with Gasteiger partial charge in [0.15, 0.2) is 0 Å². The van der Waals surface area contributed by atoms with Crippen molar-refractivity contribution in [2.45, 2.75) is 0 Å². The van der Waals surface area contributed by atoms with Gasteiger partial charge >= 0.3 is 17.9 Å². The van der Waals surface area contributed by atoms with Crippen molar-refractivity contribution in [3.05, 3.63) is 34.9 Å². The summed E-state index contributed by atoms with van der Waals surface area (Å²) in [6, 6.07) is 2.66. The molecule has 2 N–H and O–H groups in total. The van der Waals surface area contributed by atoms with Gasteiger partial charge in [0, 0.05) is 0 Å². The molecule has 0 amide bonds. The van der Waals surface area contributed by atoms with Crippen LogP contribution in [0.15, 0.2) is 18.2 Å². The van der Waals surface area contributed by atoms with Gasteiger partial charge in [-0.3, -0.25) is 0 Å². The molecule has 0 aliphatic rings. The predicted octanol–water partition coefficient (Wildman–Crippen LogP) is 0.654. The van der Waals surface area contributed by atoms with Crippen LogP contribution in [0.4, 0.5) is 0 Å². The molecule has 0 unspecified atom stereocenters. The lowest BCUT2D eigenvalue weighted by molar-refractivity contribution is 0.0555. The smallest absolute Gasteiger partial charge is 0.387 e. The number of hydrogen-bond donors (Lipinski definition) is 2. The molecule has 6 heteroatoms. The molecule has 0 aliphatic heterocycles. The Hall–Kier alpha value is -2.37. The Bertz CT molecular complexity index is 448. The van der Waals surface area contributed by atoms with Crippen LogP contribution in [0.1, 0.15) is 31.1 Å². The summed E-state index contributed by atoms with van der Waals surface area (Å²) in [5.41, 5.74) is -1.44. The molecule has 0 aromatic heterocycles. The van der Waals surface area contributed by atoms with Gasteiger partial charge in [0.1, 0.15) is 0 Å². The fourth-order valence-corrected chi connectivity index (χ4v) is 1.03. The van der Waals surface area contributed by atoms with E-state index in [2.05, 4.69) is 0 Å². The van der Waals surface area contributed by atoms with E-state index in [4.69, 9.17) is 10.2 Å². The molecule has 0 saturated heterocycles. The van der Waals surface area contributed by atoms with Gasteiger partial charge in [0.2, 0.25) is 0 Å². The maximum absolute atomic E-state index is 10.6. The van der Waals surface area contributed by atoms with Crippen LogP contribution in [0.3, 0.4) is 0 Å². The lowest BCUT2D eigenvalue weighted by Crippen LogP contribution is -2.09. The summed E-state index contributed by atoms with van der Waals surface area (Å²) in [6.45, 7) is 0. The third kappa shape index (κ3) is 2.11. The third-order valence-electron chi connectivity index (χ3n) is 1.72. The number of aromatic carboxylic acids is 2. The Labute approximate surface area is 83.4 Å². The average molecular weight is 209 g/mol. The molecule has 1 radical (unpaired) electrons. The van der Waals surface area contributed by atoms with Crippen molar-refractivity contribution in [3.63, 3.8) is 0 Å². The Morgan fingerprint density at radius 1 is 0.933 bits per heavy atom. The van der Waals surface area contributed by atoms with E-state index in [1.165, 1.54) is 0 Å². The number of hydrogen-bond acceptors (Lipinski definition) is 3. The van der Waals surface area contributed by atoms with Gasteiger partial charge in [0.05, 0.1) is 16.7 Å². The number of carbonyl (C=O) groups is 3. The van der Waals surface area contributed by atoms with E-state index in [1.54, 1.807) is 0 Å². The van der Waals surface area contributed by atoms with Crippen LogP contribution < -0.4 is 0 Å². The summed E-state index contributed by atoms with van der Waals surface area (Å²) in [6.07, 6.45) is 0. The topological polar surface area (TPSA) is 112 Å². The van der Waals surface area contributed by atoms with Crippen LogP contribution in [-0.4, -0.2) is 28.1 Å². The molecular weight excluding hydrogens is 204 g/mol. The molecule has 77 valence electrons. The van der Waals surface area contributed by atoms with E-state index >= 15 is 0 Å². The summed E-state index contributed by atoms with van der Waals surface area (Å²) in [5, 5.41) is 27.7. The fraction of sp³-hybridized carbons (Fsp3) is 0. The number of carbonyl (C=O) groups excluding carboxylic acids is 1. The molecule has 1 rings (SSSR count). The van der Waals surface area contributed by atoms with E-state index in [1.807, 2.05) is 0 Å².